The molecule has 0 aliphatic carbocycles. The van der Waals surface area contributed by atoms with Crippen molar-refractivity contribution in [2.75, 3.05) is 26.3 Å². The third-order valence-electron chi connectivity index (χ3n) is 4.20. The molecule has 1 saturated heterocycles. The van der Waals surface area contributed by atoms with Crippen molar-refractivity contribution in [3.63, 3.8) is 0 Å². The van der Waals surface area contributed by atoms with E-state index in [9.17, 15) is 18.0 Å². The summed E-state index contributed by atoms with van der Waals surface area (Å²) in [4.78, 5) is 12.4. The smallest absolute Gasteiger partial charge is 0.406 e. The number of carbonyl (C=O) groups excluding carboxylic acids is 1. The highest BCUT2D eigenvalue weighted by molar-refractivity contribution is 5.83. The van der Waals surface area contributed by atoms with Gasteiger partial charge in [-0.05, 0) is 30.9 Å². The Bertz CT molecular complexity index is 558. The molecule has 0 spiro atoms. The maximum absolute atomic E-state index is 12.4. The monoisotopic (exact) mass is 346 g/mol. The van der Waals surface area contributed by atoms with Gasteiger partial charge in [-0.1, -0.05) is 18.2 Å². The quantitative estimate of drug-likeness (QED) is 0.826. The normalized spacial score (nSPS) is 17.3. The van der Waals surface area contributed by atoms with Crippen LogP contribution in [-0.4, -0.2) is 38.6 Å². The highest BCUT2D eigenvalue weighted by Gasteiger charge is 2.38. The van der Waals surface area contributed by atoms with E-state index in [0.717, 1.165) is 0 Å². The Kier molecular flexibility index (Phi) is 6.06. The minimum absolute atomic E-state index is 0.178. The molecule has 3 N–H and O–H groups in total. The van der Waals surface area contributed by atoms with E-state index >= 15 is 0 Å². The summed E-state index contributed by atoms with van der Waals surface area (Å²) >= 11 is 0. The molecular formula is C16H21F3N2O3. The summed E-state index contributed by atoms with van der Waals surface area (Å²) in [6.07, 6.45) is -3.42. The van der Waals surface area contributed by atoms with Crippen LogP contribution in [0.15, 0.2) is 24.3 Å². The number of amides is 1. The molecule has 1 heterocycles. The molecule has 1 aliphatic heterocycles. The molecule has 1 amide bonds. The number of hydrogen-bond donors (Lipinski definition) is 2. The first-order valence-corrected chi connectivity index (χ1v) is 7.76. The maximum Gasteiger partial charge on any atom is 0.573 e. The number of alkyl halides is 3. The summed E-state index contributed by atoms with van der Waals surface area (Å²) in [7, 11) is 0. The van der Waals surface area contributed by atoms with Gasteiger partial charge < -0.3 is 20.5 Å². The van der Waals surface area contributed by atoms with Crippen LogP contribution in [0.5, 0.6) is 5.75 Å². The van der Waals surface area contributed by atoms with Crippen molar-refractivity contribution in [3.05, 3.63) is 29.8 Å². The number of ether oxygens (including phenoxy) is 2. The van der Waals surface area contributed by atoms with Gasteiger partial charge in [0.05, 0.1) is 5.41 Å². The second-order valence-electron chi connectivity index (χ2n) is 5.76. The van der Waals surface area contributed by atoms with Crippen molar-refractivity contribution in [2.24, 2.45) is 11.1 Å². The first-order chi connectivity index (χ1) is 11.4. The van der Waals surface area contributed by atoms with Crippen LogP contribution in [0.4, 0.5) is 13.2 Å². The van der Waals surface area contributed by atoms with Crippen molar-refractivity contribution in [1.82, 2.24) is 5.32 Å². The zero-order valence-electron chi connectivity index (χ0n) is 13.2. The van der Waals surface area contributed by atoms with Gasteiger partial charge in [0.1, 0.15) is 5.75 Å². The van der Waals surface area contributed by atoms with Gasteiger partial charge in [-0.2, -0.15) is 0 Å². The van der Waals surface area contributed by atoms with Crippen molar-refractivity contribution in [3.8, 4) is 5.75 Å². The van der Waals surface area contributed by atoms with Crippen LogP contribution in [0, 0.1) is 5.41 Å². The lowest BCUT2D eigenvalue weighted by Gasteiger charge is -2.34. The molecule has 0 bridgehead atoms. The van der Waals surface area contributed by atoms with Crippen LogP contribution in [-0.2, 0) is 16.0 Å². The number of para-hydroxylation sites is 1. The first-order valence-electron chi connectivity index (χ1n) is 7.76. The molecule has 0 unspecified atom stereocenters. The van der Waals surface area contributed by atoms with Gasteiger partial charge in [-0.15, -0.1) is 13.2 Å². The Morgan fingerprint density at radius 3 is 2.58 bits per heavy atom. The largest absolute Gasteiger partial charge is 0.573 e. The average molecular weight is 346 g/mol. The fourth-order valence-corrected chi connectivity index (χ4v) is 2.72. The topological polar surface area (TPSA) is 73.6 Å². The van der Waals surface area contributed by atoms with Crippen molar-refractivity contribution in [2.45, 2.75) is 25.6 Å². The molecule has 0 atom stereocenters. The Morgan fingerprint density at radius 2 is 1.96 bits per heavy atom. The molecule has 1 aromatic carbocycles. The van der Waals surface area contributed by atoms with Crippen LogP contribution < -0.4 is 15.8 Å². The van der Waals surface area contributed by atoms with E-state index in [1.54, 1.807) is 12.1 Å². The molecule has 0 radical (unpaired) electrons. The molecule has 1 aliphatic rings. The predicted octanol–water partition coefficient (Wildman–Crippen LogP) is 2.00. The molecule has 24 heavy (non-hydrogen) atoms. The van der Waals surface area contributed by atoms with Crippen LogP contribution >= 0.6 is 0 Å². The molecule has 0 saturated carbocycles. The fraction of sp³-hybridized carbons (Fsp3) is 0.562. The van der Waals surface area contributed by atoms with E-state index in [2.05, 4.69) is 10.1 Å². The number of halogens is 3. The van der Waals surface area contributed by atoms with E-state index in [4.69, 9.17) is 10.5 Å². The maximum atomic E-state index is 12.4. The van der Waals surface area contributed by atoms with Gasteiger partial charge in [0, 0.05) is 26.3 Å². The Hall–Kier alpha value is -1.80. The van der Waals surface area contributed by atoms with Gasteiger partial charge in [-0.3, -0.25) is 4.79 Å². The standard InChI is InChI=1S/C16H21F3N2O3/c17-16(18,19)24-13-4-2-1-3-12(13)5-8-21-14(22)15(11-20)6-9-23-10-7-15/h1-4H,5-11,20H2,(H,21,22). The van der Waals surface area contributed by atoms with Crippen LogP contribution in [0.2, 0.25) is 0 Å². The number of nitrogens with one attached hydrogen (secondary N) is 1. The predicted molar refractivity (Wildman–Crippen MR) is 81.4 cm³/mol. The second kappa shape index (κ2) is 7.85. The van der Waals surface area contributed by atoms with Crippen molar-refractivity contribution < 1.29 is 27.4 Å². The van der Waals surface area contributed by atoms with Gasteiger partial charge in [0.15, 0.2) is 0 Å². The fourth-order valence-electron chi connectivity index (χ4n) is 2.72. The number of carbonyl (C=O) groups is 1. The number of hydrogen-bond acceptors (Lipinski definition) is 4. The Morgan fingerprint density at radius 1 is 1.29 bits per heavy atom. The zero-order chi connectivity index (χ0) is 17.6. The lowest BCUT2D eigenvalue weighted by molar-refractivity contribution is -0.274. The molecule has 5 nitrogen and oxygen atoms in total. The lowest BCUT2D eigenvalue weighted by Crippen LogP contribution is -2.49. The minimum Gasteiger partial charge on any atom is -0.406 e. The molecule has 0 aromatic heterocycles. The molecule has 1 fully saturated rings. The summed E-state index contributed by atoms with van der Waals surface area (Å²) in [5.41, 5.74) is 5.48. The van der Waals surface area contributed by atoms with E-state index in [1.165, 1.54) is 12.1 Å². The molecule has 134 valence electrons. The van der Waals surface area contributed by atoms with Crippen molar-refractivity contribution >= 4 is 5.91 Å². The van der Waals surface area contributed by atoms with Crippen LogP contribution in [0.1, 0.15) is 18.4 Å². The van der Waals surface area contributed by atoms with E-state index in [0.29, 0.717) is 31.6 Å². The van der Waals surface area contributed by atoms with Gasteiger partial charge >= 0.3 is 6.36 Å². The molecular weight excluding hydrogens is 325 g/mol. The van der Waals surface area contributed by atoms with E-state index < -0.39 is 11.8 Å². The Labute approximate surface area is 138 Å². The van der Waals surface area contributed by atoms with Crippen LogP contribution in [0.3, 0.4) is 0 Å². The lowest BCUT2D eigenvalue weighted by atomic mass is 9.79. The Balaban J connectivity index is 1.93. The number of benzene rings is 1. The summed E-state index contributed by atoms with van der Waals surface area (Å²) in [6.45, 7) is 1.38. The number of nitrogens with two attached hydrogens (primary N) is 1. The van der Waals surface area contributed by atoms with Gasteiger partial charge in [0.2, 0.25) is 5.91 Å². The third-order valence-corrected chi connectivity index (χ3v) is 4.20. The van der Waals surface area contributed by atoms with Gasteiger partial charge in [0.25, 0.3) is 0 Å². The highest BCUT2D eigenvalue weighted by atomic mass is 19.4. The summed E-state index contributed by atoms with van der Waals surface area (Å²) in [5, 5.41) is 2.77. The summed E-state index contributed by atoms with van der Waals surface area (Å²) in [5.74, 6) is -0.429. The summed E-state index contributed by atoms with van der Waals surface area (Å²) in [6, 6.07) is 5.89. The molecule has 2 rings (SSSR count). The summed E-state index contributed by atoms with van der Waals surface area (Å²) < 4.78 is 46.4. The highest BCUT2D eigenvalue weighted by Crippen LogP contribution is 2.30. The van der Waals surface area contributed by atoms with Crippen molar-refractivity contribution in [1.29, 1.82) is 0 Å². The third kappa shape index (κ3) is 4.85. The number of rotatable bonds is 6. The second-order valence-corrected chi connectivity index (χ2v) is 5.76. The minimum atomic E-state index is -4.74. The molecule has 8 heteroatoms. The molecule has 1 aromatic rings. The van der Waals surface area contributed by atoms with E-state index in [1.807, 2.05) is 0 Å². The van der Waals surface area contributed by atoms with E-state index in [-0.39, 0.29) is 31.2 Å². The van der Waals surface area contributed by atoms with Crippen LogP contribution in [0.25, 0.3) is 0 Å². The SMILES string of the molecule is NCC1(C(=O)NCCc2ccccc2OC(F)(F)F)CCOCC1. The zero-order valence-corrected chi connectivity index (χ0v) is 13.2. The first kappa shape index (κ1) is 18.5. The van der Waals surface area contributed by atoms with Gasteiger partial charge in [-0.25, -0.2) is 0 Å². The average Bonchev–Trinajstić information content (AvgIpc) is 2.55.